The Kier molecular flexibility index (Phi) is 7.82. The molecule has 2 aliphatic rings. The maximum Gasteiger partial charge on any atom is 0.309 e. The maximum atomic E-state index is 11.9. The van der Waals surface area contributed by atoms with Crippen LogP contribution in [0.1, 0.15) is 12.8 Å². The van der Waals surface area contributed by atoms with Crippen LogP contribution in [0.2, 0.25) is 0 Å². The summed E-state index contributed by atoms with van der Waals surface area (Å²) in [6.07, 6.45) is -24.9. The summed E-state index contributed by atoms with van der Waals surface area (Å²) in [4.78, 5) is 23.9. The van der Waals surface area contributed by atoms with Gasteiger partial charge in [0.1, 0.15) is 36.6 Å². The highest BCUT2D eigenvalue weighted by atomic mass is 16.7. The van der Waals surface area contributed by atoms with Crippen molar-refractivity contribution in [1.29, 1.82) is 0 Å². The van der Waals surface area contributed by atoms with E-state index < -0.39 is 97.4 Å². The van der Waals surface area contributed by atoms with Crippen molar-refractivity contribution in [2.24, 2.45) is 0 Å². The van der Waals surface area contributed by atoms with Crippen LogP contribution in [0, 0.1) is 0 Å². The molecule has 32 heavy (non-hydrogen) atoms. The van der Waals surface area contributed by atoms with Crippen molar-refractivity contribution >= 4 is 11.9 Å². The van der Waals surface area contributed by atoms with E-state index in [9.17, 15) is 70.9 Å². The minimum Gasteiger partial charge on any atom is -0.427 e. The van der Waals surface area contributed by atoms with Gasteiger partial charge in [-0.1, -0.05) is 0 Å². The summed E-state index contributed by atoms with van der Waals surface area (Å²) in [5.74, 6) is -9.58. The van der Waals surface area contributed by atoms with E-state index in [0.717, 1.165) is 0 Å². The molecule has 2 saturated carbocycles. The van der Waals surface area contributed by atoms with E-state index in [4.69, 9.17) is 0 Å². The largest absolute Gasteiger partial charge is 0.427 e. The molecule has 0 amide bonds. The average molecular weight is 474 g/mol. The fourth-order valence-electron chi connectivity index (χ4n) is 3.39. The van der Waals surface area contributed by atoms with E-state index in [0.29, 0.717) is 0 Å². The minimum absolute atomic E-state index is 0.981. The molecule has 16 nitrogen and oxygen atoms in total. The van der Waals surface area contributed by atoms with E-state index in [-0.39, 0.29) is 0 Å². The van der Waals surface area contributed by atoms with Crippen LogP contribution in [0.25, 0.3) is 0 Å². The Morgan fingerprint density at radius 3 is 0.938 bits per heavy atom. The monoisotopic (exact) mass is 474 g/mol. The molecule has 12 N–H and O–H groups in total. The van der Waals surface area contributed by atoms with E-state index in [1.807, 2.05) is 0 Å². The lowest BCUT2D eigenvalue weighted by Gasteiger charge is -2.46. The Morgan fingerprint density at radius 1 is 0.500 bits per heavy atom. The molecular formula is C16H26O16. The summed E-state index contributed by atoms with van der Waals surface area (Å²) in [6, 6.07) is 0. The van der Waals surface area contributed by atoms with Crippen molar-refractivity contribution in [3.63, 3.8) is 0 Å². The maximum absolute atomic E-state index is 11.9. The Bertz CT molecular complexity index is 610. The van der Waals surface area contributed by atoms with Gasteiger partial charge in [0, 0.05) is 0 Å². The SMILES string of the molecule is O=C(CCC(=O)O[C@]1(O)[C@H](O)[C@H](O)[C@@H](O)[C@H](O)[C@H]1O)O[C@]1(O)[C@H](O)[C@H](O)[C@@H](O)[C@H](O)[C@H]1O. The molecule has 0 unspecified atom stereocenters. The zero-order valence-corrected chi connectivity index (χ0v) is 16.2. The third kappa shape index (κ3) is 4.45. The summed E-state index contributed by atoms with van der Waals surface area (Å²) in [5, 5.41) is 117. The summed E-state index contributed by atoms with van der Waals surface area (Å²) in [5.41, 5.74) is 0. The van der Waals surface area contributed by atoms with Gasteiger partial charge >= 0.3 is 11.9 Å². The van der Waals surface area contributed by atoms with Crippen LogP contribution in [0.15, 0.2) is 0 Å². The van der Waals surface area contributed by atoms with Crippen molar-refractivity contribution in [1.82, 2.24) is 0 Å². The van der Waals surface area contributed by atoms with Crippen molar-refractivity contribution in [3.05, 3.63) is 0 Å². The lowest BCUT2D eigenvalue weighted by atomic mass is 9.82. The number of ether oxygens (including phenoxy) is 2. The van der Waals surface area contributed by atoms with Gasteiger partial charge in [-0.15, -0.1) is 0 Å². The fraction of sp³-hybridized carbons (Fsp3) is 0.875. The molecule has 0 saturated heterocycles. The van der Waals surface area contributed by atoms with E-state index in [1.54, 1.807) is 0 Å². The Morgan fingerprint density at radius 2 is 0.719 bits per heavy atom. The molecule has 2 aliphatic carbocycles. The quantitative estimate of drug-likeness (QED) is 0.130. The summed E-state index contributed by atoms with van der Waals surface area (Å²) in [7, 11) is 0. The van der Waals surface area contributed by atoms with Crippen LogP contribution in [0.3, 0.4) is 0 Å². The van der Waals surface area contributed by atoms with E-state index >= 15 is 0 Å². The van der Waals surface area contributed by atoms with Crippen LogP contribution < -0.4 is 0 Å². The molecule has 0 aromatic rings. The third-order valence-corrected chi connectivity index (χ3v) is 5.48. The zero-order valence-electron chi connectivity index (χ0n) is 16.2. The molecule has 0 aromatic heterocycles. The fourth-order valence-corrected chi connectivity index (χ4v) is 3.39. The highest BCUT2D eigenvalue weighted by Gasteiger charge is 2.61. The van der Waals surface area contributed by atoms with E-state index in [2.05, 4.69) is 9.47 Å². The molecule has 0 bridgehead atoms. The first kappa shape index (κ1) is 26.7. The van der Waals surface area contributed by atoms with Gasteiger partial charge in [0.2, 0.25) is 0 Å². The first-order chi connectivity index (χ1) is 14.6. The van der Waals surface area contributed by atoms with Gasteiger partial charge in [-0.05, 0) is 0 Å². The van der Waals surface area contributed by atoms with E-state index in [1.165, 1.54) is 0 Å². The van der Waals surface area contributed by atoms with Gasteiger partial charge in [-0.2, -0.15) is 0 Å². The van der Waals surface area contributed by atoms with Gasteiger partial charge in [-0.25, -0.2) is 0 Å². The Labute approximate surface area is 178 Å². The molecule has 0 spiro atoms. The van der Waals surface area contributed by atoms with Crippen LogP contribution in [-0.2, 0) is 19.1 Å². The van der Waals surface area contributed by atoms with Gasteiger partial charge in [0.05, 0.1) is 12.8 Å². The van der Waals surface area contributed by atoms with Crippen LogP contribution in [-0.4, -0.2) is 146 Å². The summed E-state index contributed by atoms with van der Waals surface area (Å²) < 4.78 is 8.90. The third-order valence-electron chi connectivity index (χ3n) is 5.48. The minimum atomic E-state index is -3.28. The number of hydrogen-bond donors (Lipinski definition) is 12. The van der Waals surface area contributed by atoms with Gasteiger partial charge in [0.15, 0.2) is 24.4 Å². The number of aliphatic hydroxyl groups is 12. The molecule has 12 atom stereocenters. The predicted molar refractivity (Wildman–Crippen MR) is 91.4 cm³/mol. The first-order valence-electron chi connectivity index (χ1n) is 9.28. The molecule has 0 aromatic carbocycles. The number of esters is 2. The first-order valence-corrected chi connectivity index (χ1v) is 9.28. The topological polar surface area (TPSA) is 295 Å². The van der Waals surface area contributed by atoms with Gasteiger partial charge in [-0.3, -0.25) is 9.59 Å². The lowest BCUT2D eigenvalue weighted by Crippen LogP contribution is -2.72. The molecule has 0 heterocycles. The summed E-state index contributed by atoms with van der Waals surface area (Å²) in [6.45, 7) is 0. The van der Waals surface area contributed by atoms with Crippen molar-refractivity contribution in [2.75, 3.05) is 0 Å². The van der Waals surface area contributed by atoms with Crippen molar-refractivity contribution in [2.45, 2.75) is 85.5 Å². The Hall–Kier alpha value is -1.54. The molecule has 0 radical (unpaired) electrons. The molecular weight excluding hydrogens is 448 g/mol. The lowest BCUT2D eigenvalue weighted by molar-refractivity contribution is -0.349. The summed E-state index contributed by atoms with van der Waals surface area (Å²) >= 11 is 0. The highest BCUT2D eigenvalue weighted by Crippen LogP contribution is 2.33. The molecule has 186 valence electrons. The van der Waals surface area contributed by atoms with Crippen LogP contribution in [0.5, 0.6) is 0 Å². The second kappa shape index (κ2) is 9.37. The molecule has 2 fully saturated rings. The number of hydrogen-bond acceptors (Lipinski definition) is 16. The molecule has 0 aliphatic heterocycles. The van der Waals surface area contributed by atoms with Crippen LogP contribution in [0.4, 0.5) is 0 Å². The normalized spacial score (nSPS) is 49.4. The predicted octanol–water partition coefficient (Wildman–Crippen LogP) is -8.13. The van der Waals surface area contributed by atoms with Crippen LogP contribution >= 0.6 is 0 Å². The molecule has 16 heteroatoms. The zero-order chi connectivity index (χ0) is 24.8. The van der Waals surface area contributed by atoms with Gasteiger partial charge < -0.3 is 70.8 Å². The standard InChI is InChI=1S/C16H26O16/c17-3(31-15(29)11(25)7(21)5(19)8(22)12(15)26)1-2-4(18)32-16(30)13(27)9(23)6(20)10(24)14(16)28/h5-14,19-30H,1-2H2/t5-,6-,7-,8+,9-,10+,11-,12-,13-,14-,15-,16-/m1/s1. The average Bonchev–Trinajstić information content (AvgIpc) is 2.75. The van der Waals surface area contributed by atoms with Crippen molar-refractivity contribution in [3.8, 4) is 0 Å². The smallest absolute Gasteiger partial charge is 0.309 e. The second-order valence-corrected chi connectivity index (χ2v) is 7.67. The number of rotatable bonds is 5. The van der Waals surface area contributed by atoms with Crippen molar-refractivity contribution < 1.29 is 80.3 Å². The Balaban J connectivity index is 2.00. The number of aliphatic hydroxyl groups excluding tert-OH is 10. The number of carbonyl (C=O) groups is 2. The molecule has 2 rings (SSSR count). The number of carbonyl (C=O) groups excluding carboxylic acids is 2. The second-order valence-electron chi connectivity index (χ2n) is 7.67. The van der Waals surface area contributed by atoms with Gasteiger partial charge in [0.25, 0.3) is 11.6 Å². The highest BCUT2D eigenvalue weighted by molar-refractivity contribution is 5.78.